The van der Waals surface area contributed by atoms with Gasteiger partial charge in [-0.1, -0.05) is 90.1 Å². The SMILES string of the molecule is CCC[P+](CCC)(CCC)Cc1ccc(-c2ccc(C[P+](CCC)(CCC)CCC)cc2)cc1.[Cl-].[Cl-]. The van der Waals surface area contributed by atoms with Crippen molar-refractivity contribution in [1.29, 1.82) is 0 Å². The third-order valence-corrected chi connectivity index (χ3v) is 17.9. The maximum Gasteiger partial charge on any atom is 0.0842 e. The predicted molar refractivity (Wildman–Crippen MR) is 164 cm³/mol. The van der Waals surface area contributed by atoms with Crippen molar-refractivity contribution in [3.05, 3.63) is 59.7 Å². The van der Waals surface area contributed by atoms with E-state index in [1.165, 1.54) is 98.9 Å². The summed E-state index contributed by atoms with van der Waals surface area (Å²) < 4.78 is 0. The molecule has 0 saturated carbocycles. The van der Waals surface area contributed by atoms with Gasteiger partial charge in [0, 0.05) is 14.5 Å². The summed E-state index contributed by atoms with van der Waals surface area (Å²) in [4.78, 5) is 0. The number of halogens is 2. The Morgan fingerprint density at radius 2 is 0.611 bits per heavy atom. The molecule has 0 saturated heterocycles. The van der Waals surface area contributed by atoms with E-state index < -0.39 is 14.5 Å². The Hall–Kier alpha value is -0.120. The van der Waals surface area contributed by atoms with Crippen LogP contribution in [0.15, 0.2) is 48.5 Å². The van der Waals surface area contributed by atoms with Gasteiger partial charge in [-0.05, 0) is 60.8 Å². The molecule has 0 amide bonds. The van der Waals surface area contributed by atoms with Crippen molar-refractivity contribution in [3.63, 3.8) is 0 Å². The first-order chi connectivity index (χ1) is 16.5. The maximum absolute atomic E-state index is 2.43. The first-order valence-electron chi connectivity index (χ1n) is 14.4. The van der Waals surface area contributed by atoms with Crippen molar-refractivity contribution in [1.82, 2.24) is 0 Å². The highest BCUT2D eigenvalue weighted by molar-refractivity contribution is 7.75. The molecule has 0 fully saturated rings. The molecule has 0 unspecified atom stereocenters. The molecule has 0 aliphatic carbocycles. The van der Waals surface area contributed by atoms with Crippen molar-refractivity contribution >= 4 is 14.5 Å². The van der Waals surface area contributed by atoms with Gasteiger partial charge < -0.3 is 24.8 Å². The van der Waals surface area contributed by atoms with Gasteiger partial charge in [-0.2, -0.15) is 0 Å². The molecule has 2 rings (SSSR count). The van der Waals surface area contributed by atoms with Crippen molar-refractivity contribution in [3.8, 4) is 11.1 Å². The van der Waals surface area contributed by atoms with Crippen LogP contribution in [0, 0.1) is 0 Å². The van der Waals surface area contributed by atoms with Crippen LogP contribution in [0.5, 0.6) is 0 Å². The van der Waals surface area contributed by atoms with Crippen LogP contribution in [0.1, 0.15) is 91.2 Å². The van der Waals surface area contributed by atoms with Crippen LogP contribution in [0.2, 0.25) is 0 Å². The minimum atomic E-state index is -0.846. The van der Waals surface area contributed by atoms with Gasteiger partial charge in [-0.3, -0.25) is 0 Å². The smallest absolute Gasteiger partial charge is 0.0842 e. The molecule has 206 valence electrons. The van der Waals surface area contributed by atoms with Crippen LogP contribution in [0.25, 0.3) is 11.1 Å². The van der Waals surface area contributed by atoms with Crippen molar-refractivity contribution in [2.75, 3.05) is 37.0 Å². The normalized spacial score (nSPS) is 11.6. The molecule has 0 aliphatic rings. The lowest BCUT2D eigenvalue weighted by molar-refractivity contribution is -0.00100. The van der Waals surface area contributed by atoms with Gasteiger partial charge >= 0.3 is 0 Å². The molecular formula is C32H54Cl2P2. The highest BCUT2D eigenvalue weighted by atomic mass is 35.5. The largest absolute Gasteiger partial charge is 1.00 e. The summed E-state index contributed by atoms with van der Waals surface area (Å²) >= 11 is 0. The number of rotatable bonds is 17. The van der Waals surface area contributed by atoms with Gasteiger partial charge in [0.15, 0.2) is 0 Å². The molecule has 2 aromatic rings. The van der Waals surface area contributed by atoms with Crippen LogP contribution in [0.3, 0.4) is 0 Å². The summed E-state index contributed by atoms with van der Waals surface area (Å²) in [6.07, 6.45) is 19.6. The predicted octanol–water partition coefficient (Wildman–Crippen LogP) is 4.86. The van der Waals surface area contributed by atoms with Gasteiger partial charge in [-0.15, -0.1) is 0 Å². The van der Waals surface area contributed by atoms with Gasteiger partial charge in [0.2, 0.25) is 0 Å². The fraction of sp³-hybridized carbons (Fsp3) is 0.625. The van der Waals surface area contributed by atoms with E-state index in [1.54, 1.807) is 11.1 Å². The Morgan fingerprint density at radius 3 is 0.806 bits per heavy atom. The molecule has 0 spiro atoms. The molecule has 0 N–H and O–H groups in total. The second kappa shape index (κ2) is 19.0. The maximum atomic E-state index is 2.43. The Kier molecular flexibility index (Phi) is 19.0. The van der Waals surface area contributed by atoms with Gasteiger partial charge in [-0.25, -0.2) is 0 Å². The fourth-order valence-corrected chi connectivity index (χ4v) is 16.3. The van der Waals surface area contributed by atoms with Gasteiger partial charge in [0.1, 0.15) is 0 Å². The summed E-state index contributed by atoms with van der Waals surface area (Å²) in [6, 6.07) is 19.2. The Bertz CT molecular complexity index is 698. The van der Waals surface area contributed by atoms with Gasteiger partial charge in [0.25, 0.3) is 0 Å². The first-order valence-corrected chi connectivity index (χ1v) is 19.4. The standard InChI is InChI=1S/C32H54P2.2ClH/c1-7-21-33(22-8-2,23-9-3)27-29-13-17-31(18-14-29)32-19-15-30(16-20-32)28-34(24-10-4,25-11-5)26-12-6;;/h13-20H,7-12,21-28H2,1-6H3;2*1H/q+2;;/p-2. The summed E-state index contributed by atoms with van der Waals surface area (Å²) in [5.41, 5.74) is 5.88. The number of hydrogen-bond donors (Lipinski definition) is 0. The summed E-state index contributed by atoms with van der Waals surface area (Å²) in [6.45, 7) is 14.3. The first kappa shape index (κ1) is 35.9. The van der Waals surface area contributed by atoms with Crippen LogP contribution >= 0.6 is 14.5 Å². The van der Waals surface area contributed by atoms with E-state index in [1.807, 2.05) is 0 Å². The number of hydrogen-bond acceptors (Lipinski definition) is 0. The highest BCUT2D eigenvalue weighted by Gasteiger charge is 2.35. The lowest BCUT2D eigenvalue weighted by Crippen LogP contribution is -3.00. The van der Waals surface area contributed by atoms with E-state index >= 15 is 0 Å². The lowest BCUT2D eigenvalue weighted by Gasteiger charge is -2.27. The molecule has 4 heteroatoms. The third kappa shape index (κ3) is 10.9. The zero-order valence-corrected chi connectivity index (χ0v) is 27.5. The van der Waals surface area contributed by atoms with E-state index in [0.29, 0.717) is 0 Å². The molecule has 0 radical (unpaired) electrons. The van der Waals surface area contributed by atoms with Crippen molar-refractivity contribution in [2.45, 2.75) is 92.4 Å². The second-order valence-electron chi connectivity index (χ2n) is 10.7. The van der Waals surface area contributed by atoms with Crippen LogP contribution in [-0.2, 0) is 12.3 Å². The molecule has 0 heterocycles. The molecular weight excluding hydrogens is 517 g/mol. The Morgan fingerprint density at radius 1 is 0.389 bits per heavy atom. The summed E-state index contributed by atoms with van der Waals surface area (Å²) in [5.74, 6) is 0. The number of benzene rings is 2. The van der Waals surface area contributed by atoms with Crippen molar-refractivity contribution in [2.24, 2.45) is 0 Å². The Balaban J connectivity index is 0.00000612. The summed E-state index contributed by atoms with van der Waals surface area (Å²) in [7, 11) is -1.69. The molecule has 0 nitrogen and oxygen atoms in total. The highest BCUT2D eigenvalue weighted by Crippen LogP contribution is 2.63. The Labute approximate surface area is 238 Å². The minimum absolute atomic E-state index is 0. The second-order valence-corrected chi connectivity index (χ2v) is 19.4. The third-order valence-electron chi connectivity index (χ3n) is 7.46. The lowest BCUT2D eigenvalue weighted by atomic mass is 10.0. The van der Waals surface area contributed by atoms with Crippen LogP contribution < -0.4 is 24.8 Å². The molecule has 0 atom stereocenters. The zero-order valence-electron chi connectivity index (χ0n) is 24.2. The topological polar surface area (TPSA) is 0 Å². The summed E-state index contributed by atoms with van der Waals surface area (Å²) in [5, 5.41) is 0. The fourth-order valence-electron chi connectivity index (χ4n) is 6.37. The van der Waals surface area contributed by atoms with Gasteiger partial charge in [0.05, 0.1) is 49.3 Å². The monoisotopic (exact) mass is 570 g/mol. The molecule has 0 bridgehead atoms. The van der Waals surface area contributed by atoms with E-state index in [-0.39, 0.29) is 24.8 Å². The van der Waals surface area contributed by atoms with E-state index in [2.05, 4.69) is 90.1 Å². The average Bonchev–Trinajstić information content (AvgIpc) is 2.81. The van der Waals surface area contributed by atoms with Crippen LogP contribution in [0.4, 0.5) is 0 Å². The molecule has 36 heavy (non-hydrogen) atoms. The molecule has 0 aromatic heterocycles. The van der Waals surface area contributed by atoms with Crippen molar-refractivity contribution < 1.29 is 24.8 Å². The zero-order chi connectivity index (χ0) is 24.9. The minimum Gasteiger partial charge on any atom is -1.00 e. The van der Waals surface area contributed by atoms with Crippen LogP contribution in [-0.4, -0.2) is 37.0 Å². The quantitative estimate of drug-likeness (QED) is 0.238. The van der Waals surface area contributed by atoms with E-state index in [4.69, 9.17) is 0 Å². The molecule has 0 aliphatic heterocycles. The average molecular weight is 572 g/mol. The molecule has 2 aromatic carbocycles. The van der Waals surface area contributed by atoms with E-state index in [0.717, 1.165) is 0 Å². The van der Waals surface area contributed by atoms with E-state index in [9.17, 15) is 0 Å².